The summed E-state index contributed by atoms with van der Waals surface area (Å²) in [6.07, 6.45) is 0. The lowest BCUT2D eigenvalue weighted by Crippen LogP contribution is -2.20. The number of rotatable bonds is 5. The first-order valence-corrected chi connectivity index (χ1v) is 6.60. The van der Waals surface area contributed by atoms with Gasteiger partial charge in [-0.2, -0.15) is 0 Å². The maximum atomic E-state index is 11.4. The Morgan fingerprint density at radius 3 is 2.47 bits per heavy atom. The molecule has 2 rings (SSSR count). The van der Waals surface area contributed by atoms with E-state index in [1.807, 2.05) is 6.07 Å². The summed E-state index contributed by atoms with van der Waals surface area (Å²) in [5, 5.41) is 14.0. The van der Waals surface area contributed by atoms with Crippen LogP contribution in [0.4, 0.5) is 5.69 Å². The van der Waals surface area contributed by atoms with Crippen molar-refractivity contribution in [3.05, 3.63) is 52.2 Å². The topological polar surface area (TPSA) is 66.4 Å². The molecule has 2 aromatic rings. The third-order valence-electron chi connectivity index (χ3n) is 2.66. The van der Waals surface area contributed by atoms with Crippen molar-refractivity contribution >= 4 is 28.8 Å². The Balaban J connectivity index is 2.30. The zero-order chi connectivity index (χ0) is 13.8. The number of aliphatic carboxylic acids is 1. The molecule has 5 heteroatoms. The molecule has 0 aliphatic heterocycles. The molecule has 1 unspecified atom stereocenters. The van der Waals surface area contributed by atoms with Gasteiger partial charge in [0, 0.05) is 6.92 Å². The Morgan fingerprint density at radius 2 is 1.89 bits per heavy atom. The smallest absolute Gasteiger partial charge is 0.330 e. The zero-order valence-corrected chi connectivity index (χ0v) is 11.1. The second-order valence-electron chi connectivity index (χ2n) is 4.05. The van der Waals surface area contributed by atoms with Crippen LogP contribution in [0.5, 0.6) is 0 Å². The number of hydrogen-bond acceptors (Lipinski definition) is 4. The molecule has 0 saturated carbocycles. The predicted octanol–water partition coefficient (Wildman–Crippen LogP) is 3.19. The fourth-order valence-corrected chi connectivity index (χ4v) is 2.54. The Kier molecular flexibility index (Phi) is 3.97. The Morgan fingerprint density at radius 1 is 1.21 bits per heavy atom. The van der Waals surface area contributed by atoms with Crippen LogP contribution < -0.4 is 5.32 Å². The molecule has 1 heterocycles. The summed E-state index contributed by atoms with van der Waals surface area (Å²) in [7, 11) is 0. The molecule has 4 nitrogen and oxygen atoms in total. The first-order chi connectivity index (χ1) is 9.09. The van der Waals surface area contributed by atoms with Gasteiger partial charge in [0.2, 0.25) is 0 Å². The van der Waals surface area contributed by atoms with Crippen LogP contribution in [0.15, 0.2) is 41.8 Å². The highest BCUT2D eigenvalue weighted by molar-refractivity contribution is 7.12. The van der Waals surface area contributed by atoms with Crippen molar-refractivity contribution < 1.29 is 14.7 Å². The molecule has 0 amide bonds. The van der Waals surface area contributed by atoms with Crippen molar-refractivity contribution in [1.29, 1.82) is 0 Å². The monoisotopic (exact) mass is 275 g/mol. The van der Waals surface area contributed by atoms with Crippen LogP contribution in [0.1, 0.15) is 28.2 Å². The molecule has 1 atom stereocenters. The minimum absolute atomic E-state index is 0.0744. The minimum atomic E-state index is -0.980. The average Bonchev–Trinajstić information content (AvgIpc) is 2.85. The third kappa shape index (κ3) is 3.00. The first-order valence-electron chi connectivity index (χ1n) is 5.72. The average molecular weight is 275 g/mol. The summed E-state index contributed by atoms with van der Waals surface area (Å²) >= 11 is 1.30. The van der Waals surface area contributed by atoms with Gasteiger partial charge >= 0.3 is 5.97 Å². The number of benzene rings is 1. The van der Waals surface area contributed by atoms with Crippen molar-refractivity contribution in [2.45, 2.75) is 13.0 Å². The van der Waals surface area contributed by atoms with Gasteiger partial charge < -0.3 is 10.4 Å². The number of anilines is 1. The van der Waals surface area contributed by atoms with Crippen LogP contribution in [0.25, 0.3) is 0 Å². The summed E-state index contributed by atoms with van der Waals surface area (Å²) in [5.41, 5.74) is 1.21. The lowest BCUT2D eigenvalue weighted by Gasteiger charge is -2.16. The number of thiophene rings is 1. The molecule has 19 heavy (non-hydrogen) atoms. The quantitative estimate of drug-likeness (QED) is 0.822. The number of carboxylic acid groups (broad SMARTS) is 1. The van der Waals surface area contributed by atoms with Gasteiger partial charge in [0.1, 0.15) is 0 Å². The van der Waals surface area contributed by atoms with Gasteiger partial charge in [0.25, 0.3) is 0 Å². The second kappa shape index (κ2) is 5.67. The Bertz CT molecular complexity index is 592. The molecular weight excluding hydrogens is 262 g/mol. The minimum Gasteiger partial charge on any atom is -0.479 e. The fraction of sp³-hybridized carbons (Fsp3) is 0.143. The van der Waals surface area contributed by atoms with Gasteiger partial charge in [0.15, 0.2) is 11.8 Å². The van der Waals surface area contributed by atoms with Gasteiger partial charge in [-0.05, 0) is 17.0 Å². The number of carboxylic acids is 1. The van der Waals surface area contributed by atoms with Gasteiger partial charge in [-0.25, -0.2) is 4.79 Å². The van der Waals surface area contributed by atoms with Crippen LogP contribution in [-0.4, -0.2) is 16.9 Å². The SMILES string of the molecule is CC(=O)c1sccc1NC(C(=O)O)c1ccccc1. The second-order valence-corrected chi connectivity index (χ2v) is 4.96. The van der Waals surface area contributed by atoms with Gasteiger partial charge in [-0.3, -0.25) is 4.79 Å². The lowest BCUT2D eigenvalue weighted by molar-refractivity contribution is -0.138. The largest absolute Gasteiger partial charge is 0.479 e. The van der Waals surface area contributed by atoms with E-state index in [1.54, 1.807) is 35.7 Å². The van der Waals surface area contributed by atoms with Crippen molar-refractivity contribution in [2.75, 3.05) is 5.32 Å². The van der Waals surface area contributed by atoms with E-state index < -0.39 is 12.0 Å². The number of nitrogens with one attached hydrogen (secondary N) is 1. The van der Waals surface area contributed by atoms with E-state index >= 15 is 0 Å². The van der Waals surface area contributed by atoms with Crippen LogP contribution >= 0.6 is 11.3 Å². The fourth-order valence-electron chi connectivity index (χ4n) is 1.78. The molecule has 0 aliphatic carbocycles. The molecule has 0 radical (unpaired) electrons. The summed E-state index contributed by atoms with van der Waals surface area (Å²) in [6, 6.07) is 9.73. The highest BCUT2D eigenvalue weighted by Crippen LogP contribution is 2.27. The lowest BCUT2D eigenvalue weighted by atomic mass is 10.1. The van der Waals surface area contributed by atoms with E-state index in [1.165, 1.54) is 18.3 Å². The predicted molar refractivity (Wildman–Crippen MR) is 74.8 cm³/mol. The molecule has 0 aliphatic rings. The summed E-state index contributed by atoms with van der Waals surface area (Å²) < 4.78 is 0. The van der Waals surface area contributed by atoms with Crippen molar-refractivity contribution in [3.8, 4) is 0 Å². The number of carbonyl (C=O) groups excluding carboxylic acids is 1. The van der Waals surface area contributed by atoms with Crippen molar-refractivity contribution in [2.24, 2.45) is 0 Å². The van der Waals surface area contributed by atoms with Gasteiger partial charge in [-0.15, -0.1) is 11.3 Å². The summed E-state index contributed by atoms with van der Waals surface area (Å²) in [6.45, 7) is 1.47. The van der Waals surface area contributed by atoms with Crippen LogP contribution in [0.2, 0.25) is 0 Å². The van der Waals surface area contributed by atoms with Gasteiger partial charge in [0.05, 0.1) is 10.6 Å². The number of Topliss-reactive ketones (excluding diaryl/α,β-unsaturated/α-hetero) is 1. The molecule has 2 N–H and O–H groups in total. The molecule has 0 bridgehead atoms. The van der Waals surface area contributed by atoms with E-state index in [0.717, 1.165) is 0 Å². The Labute approximate surface area is 114 Å². The van der Waals surface area contributed by atoms with E-state index in [4.69, 9.17) is 0 Å². The maximum absolute atomic E-state index is 11.4. The first kappa shape index (κ1) is 13.3. The van der Waals surface area contributed by atoms with E-state index in [2.05, 4.69) is 5.32 Å². The summed E-state index contributed by atoms with van der Waals surface area (Å²) in [4.78, 5) is 23.3. The van der Waals surface area contributed by atoms with Crippen LogP contribution in [0.3, 0.4) is 0 Å². The number of hydrogen-bond donors (Lipinski definition) is 2. The molecular formula is C14H13NO3S. The Hall–Kier alpha value is -2.14. The zero-order valence-electron chi connectivity index (χ0n) is 10.3. The van der Waals surface area contributed by atoms with E-state index in [-0.39, 0.29) is 5.78 Å². The number of ketones is 1. The molecule has 1 aromatic heterocycles. The molecule has 98 valence electrons. The van der Waals surface area contributed by atoms with E-state index in [0.29, 0.717) is 16.1 Å². The summed E-state index contributed by atoms with van der Waals surface area (Å²) in [5.74, 6) is -1.05. The number of carbonyl (C=O) groups is 2. The molecule has 0 saturated heterocycles. The molecule has 0 spiro atoms. The molecule has 1 aromatic carbocycles. The van der Waals surface area contributed by atoms with Crippen LogP contribution in [0, 0.1) is 0 Å². The van der Waals surface area contributed by atoms with Gasteiger partial charge in [-0.1, -0.05) is 30.3 Å². The van der Waals surface area contributed by atoms with E-state index in [9.17, 15) is 14.7 Å². The van der Waals surface area contributed by atoms with Crippen LogP contribution in [-0.2, 0) is 4.79 Å². The third-order valence-corrected chi connectivity index (χ3v) is 3.68. The maximum Gasteiger partial charge on any atom is 0.330 e. The normalized spacial score (nSPS) is 11.8. The highest BCUT2D eigenvalue weighted by Gasteiger charge is 2.21. The standard InChI is InChI=1S/C14H13NO3S/c1-9(16)13-11(7-8-19-13)15-12(14(17)18)10-5-3-2-4-6-10/h2-8,12,15H,1H3,(H,17,18). The van der Waals surface area contributed by atoms with Crippen molar-refractivity contribution in [3.63, 3.8) is 0 Å². The molecule has 0 fully saturated rings. The highest BCUT2D eigenvalue weighted by atomic mass is 32.1. The van der Waals surface area contributed by atoms with Crippen molar-refractivity contribution in [1.82, 2.24) is 0 Å².